The van der Waals surface area contributed by atoms with Gasteiger partial charge in [-0.05, 0) is 24.3 Å². The largest absolute Gasteiger partial charge is 0.493 e. The molecule has 2 rings (SSSR count). The van der Waals surface area contributed by atoms with Crippen molar-refractivity contribution < 1.29 is 18.9 Å². The SMILES string of the molecule is COc1ccc(N=CNc2ccc(OC)c(OC)c2)cc1OC. The third kappa shape index (κ3) is 4.06. The fraction of sp³-hybridized carbons (Fsp3) is 0.235. The van der Waals surface area contributed by atoms with Gasteiger partial charge in [-0.3, -0.25) is 0 Å². The molecule has 2 aromatic carbocycles. The number of aliphatic imine (C=N–C) groups is 1. The van der Waals surface area contributed by atoms with E-state index in [9.17, 15) is 0 Å². The Hall–Kier alpha value is -2.89. The monoisotopic (exact) mass is 316 g/mol. The van der Waals surface area contributed by atoms with E-state index in [1.807, 2.05) is 30.3 Å². The van der Waals surface area contributed by atoms with Gasteiger partial charge >= 0.3 is 0 Å². The van der Waals surface area contributed by atoms with E-state index in [4.69, 9.17) is 18.9 Å². The molecule has 0 fully saturated rings. The third-order valence-electron chi connectivity index (χ3n) is 3.20. The quantitative estimate of drug-likeness (QED) is 0.626. The Bertz CT molecular complexity index is 686. The van der Waals surface area contributed by atoms with E-state index in [2.05, 4.69) is 10.3 Å². The van der Waals surface area contributed by atoms with Crippen molar-refractivity contribution in [3.05, 3.63) is 36.4 Å². The van der Waals surface area contributed by atoms with Crippen LogP contribution in [0.3, 0.4) is 0 Å². The normalized spacial score (nSPS) is 10.4. The molecule has 0 aliphatic carbocycles. The molecule has 0 amide bonds. The first-order valence-electron chi connectivity index (χ1n) is 6.95. The molecule has 0 saturated carbocycles. The fourth-order valence-electron chi connectivity index (χ4n) is 2.01. The van der Waals surface area contributed by atoms with Crippen LogP contribution < -0.4 is 24.3 Å². The third-order valence-corrected chi connectivity index (χ3v) is 3.20. The Labute approximate surface area is 135 Å². The van der Waals surface area contributed by atoms with Crippen molar-refractivity contribution in [2.45, 2.75) is 0 Å². The molecule has 6 nitrogen and oxygen atoms in total. The van der Waals surface area contributed by atoms with Gasteiger partial charge in [0, 0.05) is 17.8 Å². The van der Waals surface area contributed by atoms with Crippen molar-refractivity contribution >= 4 is 17.7 Å². The van der Waals surface area contributed by atoms with Crippen molar-refractivity contribution in [3.63, 3.8) is 0 Å². The Morgan fingerprint density at radius 2 is 1.30 bits per heavy atom. The molecule has 0 spiro atoms. The zero-order valence-corrected chi connectivity index (χ0v) is 13.6. The molecule has 0 radical (unpaired) electrons. The molecule has 23 heavy (non-hydrogen) atoms. The van der Waals surface area contributed by atoms with Gasteiger partial charge in [-0.25, -0.2) is 4.99 Å². The smallest absolute Gasteiger partial charge is 0.162 e. The van der Waals surface area contributed by atoms with E-state index in [-0.39, 0.29) is 0 Å². The number of nitrogens with zero attached hydrogens (tertiary/aromatic N) is 1. The van der Waals surface area contributed by atoms with Crippen LogP contribution in [0.4, 0.5) is 11.4 Å². The van der Waals surface area contributed by atoms with Gasteiger partial charge < -0.3 is 24.3 Å². The van der Waals surface area contributed by atoms with Gasteiger partial charge in [0.25, 0.3) is 0 Å². The van der Waals surface area contributed by atoms with Crippen LogP contribution in [0.5, 0.6) is 23.0 Å². The summed E-state index contributed by atoms with van der Waals surface area (Å²) in [6, 6.07) is 11.0. The van der Waals surface area contributed by atoms with E-state index in [0.717, 1.165) is 11.4 Å². The average molecular weight is 316 g/mol. The maximum absolute atomic E-state index is 5.26. The molecule has 0 aliphatic heterocycles. The summed E-state index contributed by atoms with van der Waals surface area (Å²) < 4.78 is 20.9. The van der Waals surface area contributed by atoms with Crippen LogP contribution in [0.2, 0.25) is 0 Å². The van der Waals surface area contributed by atoms with E-state index in [0.29, 0.717) is 23.0 Å². The Kier molecular flexibility index (Phi) is 5.68. The van der Waals surface area contributed by atoms with E-state index in [1.165, 1.54) is 0 Å². The molecule has 1 N–H and O–H groups in total. The van der Waals surface area contributed by atoms with E-state index in [1.54, 1.807) is 40.8 Å². The molecular weight excluding hydrogens is 296 g/mol. The van der Waals surface area contributed by atoms with Gasteiger partial charge in [0.05, 0.1) is 40.5 Å². The summed E-state index contributed by atoms with van der Waals surface area (Å²) in [5.41, 5.74) is 1.59. The molecule has 0 unspecified atom stereocenters. The summed E-state index contributed by atoms with van der Waals surface area (Å²) in [6.07, 6.45) is 1.60. The van der Waals surface area contributed by atoms with Crippen molar-refractivity contribution in [3.8, 4) is 23.0 Å². The summed E-state index contributed by atoms with van der Waals surface area (Å²) in [5, 5.41) is 3.09. The van der Waals surface area contributed by atoms with Crippen LogP contribution >= 0.6 is 0 Å². The topological polar surface area (TPSA) is 61.3 Å². The highest BCUT2D eigenvalue weighted by atomic mass is 16.5. The molecule has 0 atom stereocenters. The maximum atomic E-state index is 5.26. The van der Waals surface area contributed by atoms with Crippen LogP contribution in [-0.4, -0.2) is 34.8 Å². The Morgan fingerprint density at radius 3 is 1.91 bits per heavy atom. The lowest BCUT2D eigenvalue weighted by atomic mass is 10.2. The summed E-state index contributed by atoms with van der Waals surface area (Å²) in [7, 11) is 6.38. The van der Waals surface area contributed by atoms with Gasteiger partial charge in [0.15, 0.2) is 23.0 Å². The number of benzene rings is 2. The second kappa shape index (κ2) is 7.93. The molecule has 0 saturated heterocycles. The lowest BCUT2D eigenvalue weighted by Gasteiger charge is -2.09. The lowest BCUT2D eigenvalue weighted by Crippen LogP contribution is -1.96. The van der Waals surface area contributed by atoms with E-state index >= 15 is 0 Å². The van der Waals surface area contributed by atoms with Gasteiger partial charge in [-0.15, -0.1) is 0 Å². The molecule has 0 aliphatic rings. The number of rotatable bonds is 7. The lowest BCUT2D eigenvalue weighted by molar-refractivity contribution is 0.355. The van der Waals surface area contributed by atoms with Crippen molar-refractivity contribution in [2.75, 3.05) is 33.8 Å². The second-order valence-corrected chi connectivity index (χ2v) is 4.51. The maximum Gasteiger partial charge on any atom is 0.162 e. The Balaban J connectivity index is 2.09. The predicted molar refractivity (Wildman–Crippen MR) is 90.9 cm³/mol. The van der Waals surface area contributed by atoms with Gasteiger partial charge in [0.1, 0.15) is 0 Å². The summed E-state index contributed by atoms with van der Waals surface area (Å²) in [6.45, 7) is 0. The summed E-state index contributed by atoms with van der Waals surface area (Å²) >= 11 is 0. The first-order chi connectivity index (χ1) is 11.2. The number of anilines is 1. The molecular formula is C17H20N2O4. The van der Waals surface area contributed by atoms with Crippen LogP contribution in [0.25, 0.3) is 0 Å². The van der Waals surface area contributed by atoms with Crippen molar-refractivity contribution in [1.82, 2.24) is 0 Å². The van der Waals surface area contributed by atoms with Gasteiger partial charge in [0.2, 0.25) is 0 Å². The zero-order valence-electron chi connectivity index (χ0n) is 13.6. The minimum absolute atomic E-state index is 0.633. The zero-order chi connectivity index (χ0) is 16.7. The predicted octanol–water partition coefficient (Wildman–Crippen LogP) is 3.49. The minimum Gasteiger partial charge on any atom is -0.493 e. The fourth-order valence-corrected chi connectivity index (χ4v) is 2.01. The van der Waals surface area contributed by atoms with Crippen molar-refractivity contribution in [1.29, 1.82) is 0 Å². The number of nitrogens with one attached hydrogen (secondary N) is 1. The highest BCUT2D eigenvalue weighted by Gasteiger charge is 2.04. The summed E-state index contributed by atoms with van der Waals surface area (Å²) in [5.74, 6) is 2.62. The second-order valence-electron chi connectivity index (χ2n) is 4.51. The molecule has 122 valence electrons. The molecule has 2 aromatic rings. The van der Waals surface area contributed by atoms with Crippen LogP contribution in [0.15, 0.2) is 41.4 Å². The number of hydrogen-bond acceptors (Lipinski definition) is 5. The molecule has 0 heterocycles. The van der Waals surface area contributed by atoms with Gasteiger partial charge in [-0.1, -0.05) is 0 Å². The number of hydrogen-bond donors (Lipinski definition) is 1. The standard InChI is InChI=1S/C17H20N2O4/c1-20-14-7-5-12(9-16(14)22-3)18-11-19-13-6-8-15(21-2)17(10-13)23-4/h5-11H,1-4H3,(H,18,19). The first-order valence-corrected chi connectivity index (χ1v) is 6.95. The number of methoxy groups -OCH3 is 4. The summed E-state index contributed by atoms with van der Waals surface area (Å²) in [4.78, 5) is 4.34. The highest BCUT2D eigenvalue weighted by Crippen LogP contribution is 2.31. The van der Waals surface area contributed by atoms with Gasteiger partial charge in [-0.2, -0.15) is 0 Å². The van der Waals surface area contributed by atoms with Crippen LogP contribution in [-0.2, 0) is 0 Å². The average Bonchev–Trinajstić information content (AvgIpc) is 2.61. The van der Waals surface area contributed by atoms with E-state index < -0.39 is 0 Å². The molecule has 6 heteroatoms. The highest BCUT2D eigenvalue weighted by molar-refractivity contribution is 5.79. The molecule has 0 aromatic heterocycles. The van der Waals surface area contributed by atoms with Crippen molar-refractivity contribution in [2.24, 2.45) is 4.99 Å². The van der Waals surface area contributed by atoms with Crippen LogP contribution in [0.1, 0.15) is 0 Å². The Morgan fingerprint density at radius 1 is 0.739 bits per heavy atom. The molecule has 0 bridgehead atoms. The van der Waals surface area contributed by atoms with Crippen LogP contribution in [0, 0.1) is 0 Å². The first kappa shape index (κ1) is 16.5. The number of ether oxygens (including phenoxy) is 4. The minimum atomic E-state index is 0.633.